The minimum absolute atomic E-state index is 0.0686. The number of aryl methyl sites for hydroxylation is 1. The zero-order valence-corrected chi connectivity index (χ0v) is 12.3. The molecule has 0 radical (unpaired) electrons. The van der Waals surface area contributed by atoms with Gasteiger partial charge in [0.05, 0.1) is 17.3 Å². The molecule has 0 fully saturated rings. The predicted octanol–water partition coefficient (Wildman–Crippen LogP) is 1.54. The first kappa shape index (κ1) is 14.7. The molecule has 110 valence electrons. The molecule has 0 aliphatic rings. The number of nitrogens with zero attached hydrogens (tertiary/aromatic N) is 4. The first-order valence-electron chi connectivity index (χ1n) is 6.54. The predicted molar refractivity (Wildman–Crippen MR) is 84.5 cm³/mol. The van der Waals surface area contributed by atoms with Gasteiger partial charge in [-0.05, 0) is 26.0 Å². The van der Waals surface area contributed by atoms with E-state index in [9.17, 15) is 0 Å². The fourth-order valence-corrected chi connectivity index (χ4v) is 2.08. The summed E-state index contributed by atoms with van der Waals surface area (Å²) in [6, 6.07) is 5.44. The van der Waals surface area contributed by atoms with Gasteiger partial charge in [-0.15, -0.1) is 0 Å². The molecule has 0 bridgehead atoms. The van der Waals surface area contributed by atoms with Crippen LogP contribution in [0.25, 0.3) is 0 Å². The van der Waals surface area contributed by atoms with Crippen LogP contribution >= 0.6 is 0 Å². The molecule has 21 heavy (non-hydrogen) atoms. The molecule has 0 aliphatic heterocycles. The fraction of sp³-hybridized carbons (Fsp3) is 0.286. The van der Waals surface area contributed by atoms with E-state index < -0.39 is 0 Å². The van der Waals surface area contributed by atoms with Gasteiger partial charge >= 0.3 is 0 Å². The Balaban J connectivity index is 2.44. The van der Waals surface area contributed by atoms with Crippen molar-refractivity contribution in [2.45, 2.75) is 19.9 Å². The van der Waals surface area contributed by atoms with Crippen LogP contribution in [-0.4, -0.2) is 28.2 Å². The zero-order chi connectivity index (χ0) is 15.6. The Kier molecular flexibility index (Phi) is 4.02. The minimum Gasteiger partial charge on any atom is -0.384 e. The van der Waals surface area contributed by atoms with E-state index >= 15 is 0 Å². The molecule has 1 atom stereocenters. The monoisotopic (exact) mass is 285 g/mol. The number of aromatic nitrogens is 3. The maximum absolute atomic E-state index is 7.52. The lowest BCUT2D eigenvalue weighted by molar-refractivity contribution is 0.702. The topological polar surface area (TPSA) is 118 Å². The standard InChI is InChI=1S/C14H19N7/c1-8(11-5-4-6-12(16)20-11)21(3)14-10(7-15)13(17)18-9(2)19-14/h4-8,15H,1-3H3,(H2,16,20)(H2,17,18,19)/t8-/m0/s1. The molecule has 0 amide bonds. The second kappa shape index (κ2) is 5.74. The Hall–Kier alpha value is -2.70. The molecule has 0 aromatic carbocycles. The van der Waals surface area contributed by atoms with Crippen LogP contribution in [0.15, 0.2) is 18.2 Å². The van der Waals surface area contributed by atoms with Crippen LogP contribution in [0.3, 0.4) is 0 Å². The van der Waals surface area contributed by atoms with Gasteiger partial charge in [-0.1, -0.05) is 6.07 Å². The van der Waals surface area contributed by atoms with E-state index in [4.69, 9.17) is 16.9 Å². The summed E-state index contributed by atoms with van der Waals surface area (Å²) in [5.74, 6) is 1.94. The maximum atomic E-state index is 7.52. The van der Waals surface area contributed by atoms with Gasteiger partial charge < -0.3 is 21.8 Å². The van der Waals surface area contributed by atoms with E-state index in [1.54, 1.807) is 13.0 Å². The number of rotatable bonds is 4. The number of hydrogen-bond acceptors (Lipinski definition) is 7. The van der Waals surface area contributed by atoms with E-state index in [-0.39, 0.29) is 6.04 Å². The summed E-state index contributed by atoms with van der Waals surface area (Å²) in [5.41, 5.74) is 12.9. The van der Waals surface area contributed by atoms with Gasteiger partial charge in [-0.25, -0.2) is 15.0 Å². The minimum atomic E-state index is -0.0686. The number of nitrogens with one attached hydrogen (secondary N) is 1. The zero-order valence-electron chi connectivity index (χ0n) is 12.3. The number of anilines is 3. The molecule has 0 unspecified atom stereocenters. The smallest absolute Gasteiger partial charge is 0.143 e. The third-order valence-electron chi connectivity index (χ3n) is 3.35. The molecule has 0 saturated carbocycles. The van der Waals surface area contributed by atoms with Gasteiger partial charge in [-0.3, -0.25) is 0 Å². The highest BCUT2D eigenvalue weighted by atomic mass is 15.2. The van der Waals surface area contributed by atoms with Crippen molar-refractivity contribution in [2.24, 2.45) is 0 Å². The maximum Gasteiger partial charge on any atom is 0.143 e. The summed E-state index contributed by atoms with van der Waals surface area (Å²) in [6.45, 7) is 3.76. The van der Waals surface area contributed by atoms with Gasteiger partial charge in [0, 0.05) is 13.3 Å². The van der Waals surface area contributed by atoms with Crippen molar-refractivity contribution < 1.29 is 0 Å². The van der Waals surface area contributed by atoms with Crippen molar-refractivity contribution in [3.05, 3.63) is 35.3 Å². The highest BCUT2D eigenvalue weighted by molar-refractivity contribution is 5.90. The molecular formula is C14H19N7. The van der Waals surface area contributed by atoms with Crippen LogP contribution < -0.4 is 16.4 Å². The summed E-state index contributed by atoms with van der Waals surface area (Å²) in [5, 5.41) is 7.52. The fourth-order valence-electron chi connectivity index (χ4n) is 2.08. The Morgan fingerprint density at radius 1 is 1.24 bits per heavy atom. The van der Waals surface area contributed by atoms with Crippen molar-refractivity contribution >= 4 is 23.7 Å². The average molecular weight is 285 g/mol. The normalized spacial score (nSPS) is 12.0. The molecular weight excluding hydrogens is 266 g/mol. The largest absolute Gasteiger partial charge is 0.384 e. The molecule has 5 N–H and O–H groups in total. The third-order valence-corrected chi connectivity index (χ3v) is 3.35. The molecule has 7 heteroatoms. The van der Waals surface area contributed by atoms with Crippen LogP contribution in [-0.2, 0) is 0 Å². The van der Waals surface area contributed by atoms with E-state index in [1.807, 2.05) is 31.0 Å². The van der Waals surface area contributed by atoms with Crippen LogP contribution in [0, 0.1) is 12.3 Å². The number of nitrogen functional groups attached to an aromatic ring is 2. The Bertz CT molecular complexity index is 668. The van der Waals surface area contributed by atoms with E-state index in [1.165, 1.54) is 6.21 Å². The average Bonchev–Trinajstić information content (AvgIpc) is 2.45. The summed E-state index contributed by atoms with van der Waals surface area (Å²) in [7, 11) is 1.88. The highest BCUT2D eigenvalue weighted by Crippen LogP contribution is 2.27. The van der Waals surface area contributed by atoms with Crippen LogP contribution in [0.5, 0.6) is 0 Å². The molecule has 2 rings (SSSR count). The first-order valence-corrected chi connectivity index (χ1v) is 6.54. The molecule has 2 aromatic rings. The quantitative estimate of drug-likeness (QED) is 0.733. The molecule has 0 aliphatic carbocycles. The lowest BCUT2D eigenvalue weighted by atomic mass is 10.1. The van der Waals surface area contributed by atoms with Crippen LogP contribution in [0.4, 0.5) is 17.5 Å². The summed E-state index contributed by atoms with van der Waals surface area (Å²) in [4.78, 5) is 14.7. The second-order valence-electron chi connectivity index (χ2n) is 4.81. The Labute approximate surface area is 123 Å². The van der Waals surface area contributed by atoms with Crippen LogP contribution in [0.1, 0.15) is 30.0 Å². The number of hydrogen-bond donors (Lipinski definition) is 3. The highest BCUT2D eigenvalue weighted by Gasteiger charge is 2.19. The number of nitrogens with two attached hydrogens (primary N) is 2. The van der Waals surface area contributed by atoms with Crippen molar-refractivity contribution in [1.29, 1.82) is 5.41 Å². The molecule has 0 spiro atoms. The van der Waals surface area contributed by atoms with Crippen molar-refractivity contribution in [3.63, 3.8) is 0 Å². The summed E-state index contributed by atoms with van der Waals surface area (Å²) >= 11 is 0. The third kappa shape index (κ3) is 2.91. The Morgan fingerprint density at radius 2 is 1.95 bits per heavy atom. The van der Waals surface area contributed by atoms with Gasteiger partial charge in [0.25, 0.3) is 0 Å². The van der Waals surface area contributed by atoms with Gasteiger partial charge in [0.15, 0.2) is 0 Å². The van der Waals surface area contributed by atoms with E-state index in [0.717, 1.165) is 5.69 Å². The van der Waals surface area contributed by atoms with Crippen molar-refractivity contribution in [1.82, 2.24) is 15.0 Å². The van der Waals surface area contributed by atoms with Gasteiger partial charge in [0.1, 0.15) is 23.3 Å². The van der Waals surface area contributed by atoms with Gasteiger partial charge in [-0.2, -0.15) is 0 Å². The SMILES string of the molecule is Cc1nc(N)c(C=N)c(N(C)[C@@H](C)c2cccc(N)n2)n1. The van der Waals surface area contributed by atoms with Crippen molar-refractivity contribution in [3.8, 4) is 0 Å². The lowest BCUT2D eigenvalue weighted by Gasteiger charge is -2.27. The van der Waals surface area contributed by atoms with Crippen LogP contribution in [0.2, 0.25) is 0 Å². The Morgan fingerprint density at radius 3 is 2.57 bits per heavy atom. The molecule has 2 aromatic heterocycles. The van der Waals surface area contributed by atoms with Gasteiger partial charge in [0.2, 0.25) is 0 Å². The molecule has 2 heterocycles. The van der Waals surface area contributed by atoms with E-state index in [0.29, 0.717) is 28.8 Å². The summed E-state index contributed by atoms with van der Waals surface area (Å²) < 4.78 is 0. The van der Waals surface area contributed by atoms with Crippen molar-refractivity contribution in [2.75, 3.05) is 23.4 Å². The summed E-state index contributed by atoms with van der Waals surface area (Å²) in [6.07, 6.45) is 1.17. The first-order chi connectivity index (χ1) is 9.93. The number of pyridine rings is 1. The lowest BCUT2D eigenvalue weighted by Crippen LogP contribution is -2.26. The molecule has 7 nitrogen and oxygen atoms in total. The van der Waals surface area contributed by atoms with E-state index in [2.05, 4.69) is 15.0 Å². The second-order valence-corrected chi connectivity index (χ2v) is 4.81. The molecule has 0 saturated heterocycles.